The Balaban J connectivity index is 1.72. The Bertz CT molecular complexity index is 391. The number of rotatable bonds is 1. The fraction of sp³-hybridized carbons (Fsp3) is 0.765. The van der Waals surface area contributed by atoms with Crippen molar-refractivity contribution in [3.63, 3.8) is 0 Å². The van der Waals surface area contributed by atoms with Crippen LogP contribution in [0.15, 0.2) is 24.3 Å². The minimum Gasteiger partial charge on any atom is -0.0808 e. The molecule has 92 valence electrons. The molecular weight excluding hydrogens is 204 g/mol. The van der Waals surface area contributed by atoms with E-state index in [9.17, 15) is 0 Å². The van der Waals surface area contributed by atoms with Gasteiger partial charge in [-0.3, -0.25) is 0 Å². The summed E-state index contributed by atoms with van der Waals surface area (Å²) < 4.78 is 0. The van der Waals surface area contributed by atoms with Gasteiger partial charge in [-0.15, -0.1) is 0 Å². The lowest BCUT2D eigenvalue weighted by molar-refractivity contribution is 0.0234. The first kappa shape index (κ1) is 10.4. The molecule has 0 saturated heterocycles. The van der Waals surface area contributed by atoms with Crippen LogP contribution in [0.2, 0.25) is 0 Å². The van der Waals surface area contributed by atoms with Gasteiger partial charge in [0.25, 0.3) is 0 Å². The second-order valence-corrected chi connectivity index (χ2v) is 7.22. The van der Waals surface area contributed by atoms with Crippen molar-refractivity contribution in [1.29, 1.82) is 0 Å². The lowest BCUT2D eigenvalue weighted by Crippen LogP contribution is -2.43. The molecule has 0 bridgehead atoms. The van der Waals surface area contributed by atoms with Gasteiger partial charge in [-0.05, 0) is 60.7 Å². The highest BCUT2D eigenvalue weighted by Gasteiger charge is 2.68. The van der Waals surface area contributed by atoms with E-state index in [0.717, 1.165) is 23.2 Å². The Kier molecular flexibility index (Phi) is 2.00. The Morgan fingerprint density at radius 1 is 1.00 bits per heavy atom. The summed E-state index contributed by atoms with van der Waals surface area (Å²) in [4.78, 5) is 0. The highest BCUT2D eigenvalue weighted by molar-refractivity contribution is 5.25. The summed E-state index contributed by atoms with van der Waals surface area (Å²) in [5, 5.41) is 0. The molecule has 0 amide bonds. The number of fused-ring (bicyclic) bond motifs is 2. The molecule has 4 aliphatic carbocycles. The zero-order valence-corrected chi connectivity index (χ0v) is 11.0. The largest absolute Gasteiger partial charge is 0.0808 e. The van der Waals surface area contributed by atoms with Crippen LogP contribution in [0.3, 0.4) is 0 Å². The van der Waals surface area contributed by atoms with E-state index in [4.69, 9.17) is 0 Å². The Morgan fingerprint density at radius 2 is 1.82 bits per heavy atom. The number of hydrogen-bond donors (Lipinski definition) is 0. The zero-order chi connectivity index (χ0) is 11.5. The van der Waals surface area contributed by atoms with E-state index in [1.54, 1.807) is 6.42 Å². The van der Waals surface area contributed by atoms with Gasteiger partial charge in [0.2, 0.25) is 0 Å². The summed E-state index contributed by atoms with van der Waals surface area (Å²) in [6.07, 6.45) is 20.2. The van der Waals surface area contributed by atoms with Crippen molar-refractivity contribution in [1.82, 2.24) is 0 Å². The highest BCUT2D eigenvalue weighted by atomic mass is 14.7. The fourth-order valence-corrected chi connectivity index (χ4v) is 5.78. The standard InChI is InChI=1S/C17H24/c1-16(17-11-5-8-14(17)12-17)10-4-7-13-6-2-3-9-15(13)16/h2-3,6,9,13-15H,4-5,7-8,10-12H2,1H3/t13?,14?,15?,16?,17-/m0/s1. The van der Waals surface area contributed by atoms with E-state index in [-0.39, 0.29) is 0 Å². The summed E-state index contributed by atoms with van der Waals surface area (Å²) >= 11 is 0. The SMILES string of the molecule is CC1([C@]23CCCC2C3)CCCC2C=CC=CC21. The third-order valence-corrected chi connectivity index (χ3v) is 6.76. The third-order valence-electron chi connectivity index (χ3n) is 6.76. The van der Waals surface area contributed by atoms with Gasteiger partial charge in [-0.2, -0.15) is 0 Å². The van der Waals surface area contributed by atoms with Crippen molar-refractivity contribution in [2.75, 3.05) is 0 Å². The first-order valence-electron chi connectivity index (χ1n) is 7.61. The first-order valence-corrected chi connectivity index (χ1v) is 7.61. The van der Waals surface area contributed by atoms with E-state index in [1.807, 2.05) is 0 Å². The van der Waals surface area contributed by atoms with Crippen molar-refractivity contribution < 1.29 is 0 Å². The van der Waals surface area contributed by atoms with Gasteiger partial charge in [0.15, 0.2) is 0 Å². The van der Waals surface area contributed by atoms with Crippen molar-refractivity contribution >= 4 is 0 Å². The molecule has 4 aliphatic rings. The van der Waals surface area contributed by atoms with Crippen molar-refractivity contribution in [2.24, 2.45) is 28.6 Å². The molecule has 0 heteroatoms. The molecule has 3 fully saturated rings. The van der Waals surface area contributed by atoms with Gasteiger partial charge in [0, 0.05) is 0 Å². The molecule has 17 heavy (non-hydrogen) atoms. The van der Waals surface area contributed by atoms with Gasteiger partial charge < -0.3 is 0 Å². The van der Waals surface area contributed by atoms with Crippen LogP contribution in [0.25, 0.3) is 0 Å². The van der Waals surface area contributed by atoms with E-state index < -0.39 is 0 Å². The maximum absolute atomic E-state index is 2.64. The first-order chi connectivity index (χ1) is 8.26. The molecule has 4 rings (SSSR count). The summed E-state index contributed by atoms with van der Waals surface area (Å²) in [5.74, 6) is 2.81. The molecule has 0 heterocycles. The second kappa shape index (κ2) is 3.28. The molecule has 0 nitrogen and oxygen atoms in total. The molecule has 0 aliphatic heterocycles. The van der Waals surface area contributed by atoms with Crippen LogP contribution in [-0.2, 0) is 0 Å². The molecule has 0 aromatic carbocycles. The normalized spacial score (nSPS) is 55.5. The van der Waals surface area contributed by atoms with Crippen molar-refractivity contribution in [3.05, 3.63) is 24.3 Å². The second-order valence-electron chi connectivity index (χ2n) is 7.22. The zero-order valence-electron chi connectivity index (χ0n) is 11.0. The average molecular weight is 228 g/mol. The molecule has 5 atom stereocenters. The Morgan fingerprint density at radius 3 is 2.59 bits per heavy atom. The van der Waals surface area contributed by atoms with Crippen LogP contribution in [0.5, 0.6) is 0 Å². The predicted molar refractivity (Wildman–Crippen MR) is 71.6 cm³/mol. The third kappa shape index (κ3) is 1.20. The van der Waals surface area contributed by atoms with Gasteiger partial charge in [0.1, 0.15) is 0 Å². The molecule has 4 unspecified atom stereocenters. The van der Waals surface area contributed by atoms with E-state index in [2.05, 4.69) is 31.2 Å². The summed E-state index contributed by atoms with van der Waals surface area (Å²) in [6.45, 7) is 2.64. The minimum absolute atomic E-state index is 0.623. The molecule has 0 aromatic rings. The smallest absolute Gasteiger partial charge is 0.0108 e. The summed E-state index contributed by atoms with van der Waals surface area (Å²) in [6, 6.07) is 0. The quantitative estimate of drug-likeness (QED) is 0.609. The van der Waals surface area contributed by atoms with Crippen molar-refractivity contribution in [3.8, 4) is 0 Å². The number of hydrogen-bond acceptors (Lipinski definition) is 0. The van der Waals surface area contributed by atoms with E-state index in [0.29, 0.717) is 5.41 Å². The highest BCUT2D eigenvalue weighted by Crippen LogP contribution is 2.76. The van der Waals surface area contributed by atoms with Gasteiger partial charge in [0.05, 0.1) is 0 Å². The maximum Gasteiger partial charge on any atom is -0.0108 e. The van der Waals surface area contributed by atoms with E-state index in [1.165, 1.54) is 38.5 Å². The minimum atomic E-state index is 0.623. The topological polar surface area (TPSA) is 0 Å². The monoisotopic (exact) mass is 228 g/mol. The van der Waals surface area contributed by atoms with Gasteiger partial charge >= 0.3 is 0 Å². The van der Waals surface area contributed by atoms with Crippen LogP contribution in [0.4, 0.5) is 0 Å². The van der Waals surface area contributed by atoms with Gasteiger partial charge in [-0.1, -0.05) is 44.1 Å². The van der Waals surface area contributed by atoms with Crippen LogP contribution >= 0.6 is 0 Å². The average Bonchev–Trinajstić information content (AvgIpc) is 2.93. The van der Waals surface area contributed by atoms with Crippen LogP contribution < -0.4 is 0 Å². The lowest BCUT2D eigenvalue weighted by Gasteiger charge is -2.50. The lowest BCUT2D eigenvalue weighted by atomic mass is 9.54. The maximum atomic E-state index is 2.64. The van der Waals surface area contributed by atoms with Crippen LogP contribution in [-0.4, -0.2) is 0 Å². The molecular formula is C17H24. The predicted octanol–water partition coefficient (Wildman–Crippen LogP) is 4.73. The van der Waals surface area contributed by atoms with Crippen LogP contribution in [0, 0.1) is 28.6 Å². The van der Waals surface area contributed by atoms with Crippen LogP contribution in [0.1, 0.15) is 51.9 Å². The van der Waals surface area contributed by atoms with Crippen molar-refractivity contribution in [2.45, 2.75) is 51.9 Å². The van der Waals surface area contributed by atoms with Gasteiger partial charge in [-0.25, -0.2) is 0 Å². The van der Waals surface area contributed by atoms with E-state index >= 15 is 0 Å². The Hall–Kier alpha value is -0.520. The Labute approximate surface area is 105 Å². The summed E-state index contributed by atoms with van der Waals surface area (Å²) in [7, 11) is 0. The molecule has 0 N–H and O–H groups in total. The number of allylic oxidation sites excluding steroid dienone is 4. The fourth-order valence-electron chi connectivity index (χ4n) is 5.78. The molecule has 0 radical (unpaired) electrons. The summed E-state index contributed by atoms with van der Waals surface area (Å²) in [5.41, 5.74) is 1.39. The molecule has 0 spiro atoms. The molecule has 0 aromatic heterocycles. The molecule has 3 saturated carbocycles.